The molecule has 1 unspecified atom stereocenters. The highest BCUT2D eigenvalue weighted by molar-refractivity contribution is 6.30. The van der Waals surface area contributed by atoms with Gasteiger partial charge in [0, 0.05) is 36.8 Å². The molecule has 5 nitrogen and oxygen atoms in total. The van der Waals surface area contributed by atoms with Crippen LogP contribution in [0.15, 0.2) is 24.3 Å². The largest absolute Gasteiger partial charge is 0.378 e. The quantitative estimate of drug-likeness (QED) is 0.821. The van der Waals surface area contributed by atoms with Gasteiger partial charge in [-0.05, 0) is 67.5 Å². The van der Waals surface area contributed by atoms with Crippen LogP contribution in [0.5, 0.6) is 0 Å². The van der Waals surface area contributed by atoms with Gasteiger partial charge in [-0.2, -0.15) is 0 Å². The third-order valence-electron chi connectivity index (χ3n) is 5.85. The zero-order chi connectivity index (χ0) is 20.5. The first-order valence-electron chi connectivity index (χ1n) is 10.0. The highest BCUT2D eigenvalue weighted by Crippen LogP contribution is 2.33. The van der Waals surface area contributed by atoms with Crippen LogP contribution in [0.4, 0.5) is 4.39 Å². The van der Waals surface area contributed by atoms with Crippen molar-refractivity contribution in [1.29, 1.82) is 0 Å². The van der Waals surface area contributed by atoms with Crippen LogP contribution in [0, 0.1) is 11.7 Å². The first-order valence-corrected chi connectivity index (χ1v) is 10.4. The maximum atomic E-state index is 14.6. The molecule has 3 heterocycles. The van der Waals surface area contributed by atoms with Crippen LogP contribution in [-0.2, 0) is 17.7 Å². The van der Waals surface area contributed by atoms with Crippen molar-refractivity contribution in [2.24, 2.45) is 11.7 Å². The fourth-order valence-corrected chi connectivity index (χ4v) is 4.61. The lowest BCUT2D eigenvalue weighted by molar-refractivity contribution is -0.00664. The van der Waals surface area contributed by atoms with Crippen LogP contribution in [0.25, 0.3) is 11.1 Å². The van der Waals surface area contributed by atoms with E-state index in [4.69, 9.17) is 22.1 Å². The average molecular weight is 418 g/mol. The Morgan fingerprint density at radius 3 is 2.93 bits per heavy atom. The summed E-state index contributed by atoms with van der Waals surface area (Å²) in [6.07, 6.45) is 3.16. The molecule has 0 aliphatic carbocycles. The lowest BCUT2D eigenvalue weighted by Crippen LogP contribution is -2.38. The maximum Gasteiger partial charge on any atom is 0.267 e. The molecule has 0 saturated carbocycles. The van der Waals surface area contributed by atoms with E-state index in [9.17, 15) is 9.18 Å². The van der Waals surface area contributed by atoms with Crippen molar-refractivity contribution in [3.05, 3.63) is 52.1 Å². The Hall–Kier alpha value is -2.02. The molecule has 154 valence electrons. The third kappa shape index (κ3) is 4.44. The van der Waals surface area contributed by atoms with Gasteiger partial charge in [-0.25, -0.2) is 9.37 Å². The van der Waals surface area contributed by atoms with E-state index in [1.54, 1.807) is 18.2 Å². The second-order valence-electron chi connectivity index (χ2n) is 8.03. The smallest absolute Gasteiger partial charge is 0.267 e. The van der Waals surface area contributed by atoms with Gasteiger partial charge in [0.05, 0.1) is 11.8 Å². The van der Waals surface area contributed by atoms with Crippen molar-refractivity contribution in [2.75, 3.05) is 19.7 Å². The summed E-state index contributed by atoms with van der Waals surface area (Å²) in [6, 6.07) is 6.18. The monoisotopic (exact) mass is 417 g/mol. The molecule has 2 atom stereocenters. The number of nitrogens with two attached hydrogens (primary N) is 1. The molecule has 7 heteroatoms. The van der Waals surface area contributed by atoms with E-state index in [1.165, 1.54) is 6.07 Å². The van der Waals surface area contributed by atoms with Crippen LogP contribution in [0.3, 0.4) is 0 Å². The number of carbonyl (C=O) groups excluding carboxylic acids is 1. The Kier molecular flexibility index (Phi) is 5.86. The van der Waals surface area contributed by atoms with Gasteiger partial charge in [0.15, 0.2) is 0 Å². The predicted octanol–water partition coefficient (Wildman–Crippen LogP) is 3.81. The summed E-state index contributed by atoms with van der Waals surface area (Å²) in [5, 5.41) is 0.334. The molecule has 2 aliphatic rings. The molecule has 0 spiro atoms. The normalized spacial score (nSPS) is 22.3. The highest BCUT2D eigenvalue weighted by atomic mass is 35.5. The lowest BCUT2D eigenvalue weighted by atomic mass is 9.91. The Labute approximate surface area is 175 Å². The number of hydrogen-bond acceptors (Lipinski definition) is 4. The van der Waals surface area contributed by atoms with Crippen LogP contribution in [0.2, 0.25) is 5.02 Å². The van der Waals surface area contributed by atoms with Gasteiger partial charge < -0.3 is 10.5 Å². The summed E-state index contributed by atoms with van der Waals surface area (Å²) in [5.41, 5.74) is 8.55. The second-order valence-corrected chi connectivity index (χ2v) is 8.46. The molecule has 1 amide bonds. The molecule has 1 aromatic carbocycles. The number of amides is 1. The number of fused-ring (bicyclic) bond motifs is 1. The summed E-state index contributed by atoms with van der Waals surface area (Å²) < 4.78 is 20.3. The summed E-state index contributed by atoms with van der Waals surface area (Å²) in [5.74, 6) is -0.438. The van der Waals surface area contributed by atoms with Gasteiger partial charge in [0.1, 0.15) is 11.5 Å². The van der Waals surface area contributed by atoms with Gasteiger partial charge in [-0.15, -0.1) is 0 Å². The third-order valence-corrected chi connectivity index (χ3v) is 6.08. The number of ether oxygens (including phenoxy) is 1. The van der Waals surface area contributed by atoms with Gasteiger partial charge in [0.2, 0.25) is 0 Å². The number of hydrogen-bond donors (Lipinski definition) is 1. The minimum Gasteiger partial charge on any atom is -0.378 e. The van der Waals surface area contributed by atoms with Crippen molar-refractivity contribution in [3.8, 4) is 11.1 Å². The van der Waals surface area contributed by atoms with E-state index in [1.807, 2.05) is 0 Å². The van der Waals surface area contributed by atoms with Crippen LogP contribution >= 0.6 is 11.6 Å². The van der Waals surface area contributed by atoms with Crippen molar-refractivity contribution in [3.63, 3.8) is 0 Å². The van der Waals surface area contributed by atoms with Crippen LogP contribution < -0.4 is 5.73 Å². The molecule has 1 aromatic heterocycles. The Balaban J connectivity index is 1.65. The Morgan fingerprint density at radius 2 is 2.21 bits per heavy atom. The van der Waals surface area contributed by atoms with Gasteiger partial charge in [-0.1, -0.05) is 11.6 Å². The second kappa shape index (κ2) is 8.38. The summed E-state index contributed by atoms with van der Waals surface area (Å²) >= 11 is 5.91. The lowest BCUT2D eigenvalue weighted by Gasteiger charge is -2.35. The molecule has 4 rings (SSSR count). The van der Waals surface area contributed by atoms with Crippen molar-refractivity contribution in [2.45, 2.75) is 38.8 Å². The number of aromatic nitrogens is 1. The van der Waals surface area contributed by atoms with Gasteiger partial charge >= 0.3 is 0 Å². The number of halogens is 2. The van der Waals surface area contributed by atoms with Crippen molar-refractivity contribution in [1.82, 2.24) is 9.88 Å². The number of nitrogens with zero attached hydrogens (tertiary/aromatic N) is 2. The number of carbonyl (C=O) groups is 1. The number of benzene rings is 1. The van der Waals surface area contributed by atoms with Crippen LogP contribution in [-0.4, -0.2) is 41.6 Å². The molecule has 1 saturated heterocycles. The molecular weight excluding hydrogens is 393 g/mol. The summed E-state index contributed by atoms with van der Waals surface area (Å²) in [6.45, 7) is 5.40. The highest BCUT2D eigenvalue weighted by Gasteiger charge is 2.27. The zero-order valence-electron chi connectivity index (χ0n) is 16.5. The Morgan fingerprint density at radius 1 is 1.38 bits per heavy atom. The molecule has 29 heavy (non-hydrogen) atoms. The fourth-order valence-electron chi connectivity index (χ4n) is 4.45. The molecule has 2 aliphatic heterocycles. The molecule has 2 N–H and O–H groups in total. The average Bonchev–Trinajstić information content (AvgIpc) is 2.67. The molecule has 1 fully saturated rings. The van der Waals surface area contributed by atoms with Crippen molar-refractivity contribution < 1.29 is 13.9 Å². The first kappa shape index (κ1) is 20.3. The number of rotatable bonds is 4. The minimum absolute atomic E-state index is 0.162. The van der Waals surface area contributed by atoms with E-state index in [-0.39, 0.29) is 5.69 Å². The van der Waals surface area contributed by atoms with E-state index >= 15 is 0 Å². The number of primary amides is 1. The molecule has 0 radical (unpaired) electrons. The first-order chi connectivity index (χ1) is 13.9. The fraction of sp³-hybridized carbons (Fsp3) is 0.455. The van der Waals surface area contributed by atoms with E-state index in [2.05, 4.69) is 16.8 Å². The van der Waals surface area contributed by atoms with E-state index < -0.39 is 11.7 Å². The van der Waals surface area contributed by atoms with E-state index in [0.717, 1.165) is 50.2 Å². The Bertz CT molecular complexity index is 937. The predicted molar refractivity (Wildman–Crippen MR) is 110 cm³/mol. The van der Waals surface area contributed by atoms with Gasteiger partial charge in [0.25, 0.3) is 5.91 Å². The zero-order valence-corrected chi connectivity index (χ0v) is 17.2. The minimum atomic E-state index is -0.612. The maximum absolute atomic E-state index is 14.6. The standard InChI is InChI=1S/C22H25ClFN3O2/c1-13-8-14(5-7-29-13)11-27-6-4-17-18(16-3-2-15(23)9-19(16)24)10-20(22(25)28)26-21(17)12-27/h2-3,9-10,13-14H,4-8,11-12H2,1H3,(H2,25,28)/t13?,14-/m1/s1. The SMILES string of the molecule is CC1C[C@H](CN2CCc3c(-c4ccc(Cl)cc4F)cc(C(N)=O)nc3C2)CCO1. The summed E-state index contributed by atoms with van der Waals surface area (Å²) in [4.78, 5) is 18.7. The summed E-state index contributed by atoms with van der Waals surface area (Å²) in [7, 11) is 0. The van der Waals surface area contributed by atoms with Gasteiger partial charge in [-0.3, -0.25) is 9.69 Å². The van der Waals surface area contributed by atoms with Crippen molar-refractivity contribution >= 4 is 17.5 Å². The van der Waals surface area contributed by atoms with E-state index in [0.29, 0.717) is 34.7 Å². The molecule has 0 bridgehead atoms. The molecular formula is C22H25ClFN3O2. The van der Waals surface area contributed by atoms with Crippen LogP contribution in [0.1, 0.15) is 41.5 Å². The number of pyridine rings is 1. The molecule has 2 aromatic rings. The topological polar surface area (TPSA) is 68.5 Å².